The number of carboxylic acids is 1. The number of hydrogen-bond donors (Lipinski definition) is 3. The molecule has 0 spiro atoms. The van der Waals surface area contributed by atoms with E-state index in [0.717, 1.165) is 0 Å². The topological polar surface area (TPSA) is 136 Å². The molecule has 0 heterocycles. The van der Waals surface area contributed by atoms with E-state index in [1.165, 1.54) is 18.2 Å². The predicted molar refractivity (Wildman–Crippen MR) is 71.3 cm³/mol. The van der Waals surface area contributed by atoms with E-state index in [4.69, 9.17) is 10.8 Å². The zero-order valence-electron chi connectivity index (χ0n) is 10.8. The van der Waals surface area contributed by atoms with Crippen molar-refractivity contribution < 1.29 is 19.6 Å². The van der Waals surface area contributed by atoms with Crippen molar-refractivity contribution >= 4 is 23.3 Å². The number of aliphatic carboxylic acids is 1. The number of carboxylic acid groups (broad SMARTS) is 1. The summed E-state index contributed by atoms with van der Waals surface area (Å²) in [5.74, 6) is -1.90. The molecule has 0 bridgehead atoms. The summed E-state index contributed by atoms with van der Waals surface area (Å²) in [5, 5.41) is 21.8. The Bertz CT molecular complexity index is 544. The molecule has 0 aliphatic heterocycles. The van der Waals surface area contributed by atoms with Crippen molar-refractivity contribution in [3.05, 3.63) is 33.9 Å². The van der Waals surface area contributed by atoms with E-state index in [-0.39, 0.29) is 11.4 Å². The highest BCUT2D eigenvalue weighted by atomic mass is 16.6. The lowest BCUT2D eigenvalue weighted by atomic mass is 10.1. The number of nitrogens with zero attached hydrogens (tertiary/aromatic N) is 1. The van der Waals surface area contributed by atoms with Crippen molar-refractivity contribution in [1.82, 2.24) is 0 Å². The standard InChI is InChI=1S/C12H15N3O5/c1-2-7-3-4-8(5-10(7)15(19)20)14-12(18)9(13)6-11(16)17/h3-5,9H,2,6,13H2,1H3,(H,14,18)(H,16,17). The summed E-state index contributed by atoms with van der Waals surface area (Å²) in [5.41, 5.74) is 6.05. The summed E-state index contributed by atoms with van der Waals surface area (Å²) in [6.45, 7) is 1.78. The third kappa shape index (κ3) is 4.02. The third-order valence-electron chi connectivity index (χ3n) is 2.66. The Kier molecular flexibility index (Phi) is 5.15. The molecule has 8 heteroatoms. The molecule has 1 atom stereocenters. The van der Waals surface area contributed by atoms with Gasteiger partial charge in [0, 0.05) is 17.3 Å². The van der Waals surface area contributed by atoms with Gasteiger partial charge in [0.25, 0.3) is 5.69 Å². The average Bonchev–Trinajstić information content (AvgIpc) is 2.37. The Hall–Kier alpha value is -2.48. The van der Waals surface area contributed by atoms with Crippen LogP contribution in [0.4, 0.5) is 11.4 Å². The predicted octanol–water partition coefficient (Wildman–Crippen LogP) is 0.898. The zero-order valence-corrected chi connectivity index (χ0v) is 10.8. The van der Waals surface area contributed by atoms with Crippen LogP contribution in [-0.4, -0.2) is 27.9 Å². The van der Waals surface area contributed by atoms with Gasteiger partial charge in [-0.1, -0.05) is 13.0 Å². The fourth-order valence-corrected chi connectivity index (χ4v) is 1.63. The van der Waals surface area contributed by atoms with Crippen molar-refractivity contribution in [3.8, 4) is 0 Å². The van der Waals surface area contributed by atoms with Crippen LogP contribution in [0.3, 0.4) is 0 Å². The van der Waals surface area contributed by atoms with Gasteiger partial charge in [0.1, 0.15) is 0 Å². The molecule has 1 aromatic rings. The van der Waals surface area contributed by atoms with Gasteiger partial charge in [-0.3, -0.25) is 19.7 Å². The Morgan fingerprint density at radius 1 is 1.50 bits per heavy atom. The van der Waals surface area contributed by atoms with Crippen molar-refractivity contribution in [2.45, 2.75) is 25.8 Å². The van der Waals surface area contributed by atoms with Gasteiger partial charge in [0.2, 0.25) is 5.91 Å². The molecule has 0 aromatic heterocycles. The number of aryl methyl sites for hydroxylation is 1. The van der Waals surface area contributed by atoms with Crippen LogP contribution in [0.2, 0.25) is 0 Å². The smallest absolute Gasteiger partial charge is 0.305 e. The average molecular weight is 281 g/mol. The first-order chi connectivity index (χ1) is 9.35. The number of nitro benzene ring substituents is 1. The molecule has 20 heavy (non-hydrogen) atoms. The molecular formula is C12H15N3O5. The lowest BCUT2D eigenvalue weighted by molar-refractivity contribution is -0.385. The molecule has 0 aliphatic rings. The number of carbonyl (C=O) groups excluding carboxylic acids is 1. The number of carbonyl (C=O) groups is 2. The SMILES string of the molecule is CCc1ccc(NC(=O)C(N)CC(=O)O)cc1[N+](=O)[O-]. The molecule has 108 valence electrons. The van der Waals surface area contributed by atoms with Crippen LogP contribution in [0.1, 0.15) is 18.9 Å². The minimum atomic E-state index is -1.21. The number of amides is 1. The maximum Gasteiger partial charge on any atom is 0.305 e. The summed E-state index contributed by atoms with van der Waals surface area (Å²) in [6, 6.07) is 3.06. The maximum absolute atomic E-state index is 11.6. The van der Waals surface area contributed by atoms with Gasteiger partial charge in [0.05, 0.1) is 17.4 Å². The van der Waals surface area contributed by atoms with Gasteiger partial charge in [0.15, 0.2) is 0 Å². The fourth-order valence-electron chi connectivity index (χ4n) is 1.63. The molecule has 0 saturated carbocycles. The van der Waals surface area contributed by atoms with E-state index >= 15 is 0 Å². The number of rotatable bonds is 6. The number of hydrogen-bond acceptors (Lipinski definition) is 5. The van der Waals surface area contributed by atoms with Gasteiger partial charge in [-0.05, 0) is 12.5 Å². The van der Waals surface area contributed by atoms with E-state index in [1.807, 2.05) is 0 Å². The van der Waals surface area contributed by atoms with Crippen LogP contribution >= 0.6 is 0 Å². The molecule has 8 nitrogen and oxygen atoms in total. The van der Waals surface area contributed by atoms with Crippen LogP contribution in [0.5, 0.6) is 0 Å². The first-order valence-corrected chi connectivity index (χ1v) is 5.90. The lowest BCUT2D eigenvalue weighted by Crippen LogP contribution is -2.37. The Morgan fingerprint density at radius 3 is 2.65 bits per heavy atom. The van der Waals surface area contributed by atoms with Crippen molar-refractivity contribution in [2.24, 2.45) is 5.73 Å². The van der Waals surface area contributed by atoms with Crippen molar-refractivity contribution in [1.29, 1.82) is 0 Å². The second-order valence-electron chi connectivity index (χ2n) is 4.15. The molecule has 0 radical (unpaired) electrons. The summed E-state index contributed by atoms with van der Waals surface area (Å²) >= 11 is 0. The minimum Gasteiger partial charge on any atom is -0.481 e. The molecular weight excluding hydrogens is 266 g/mol. The van der Waals surface area contributed by atoms with E-state index in [0.29, 0.717) is 12.0 Å². The summed E-state index contributed by atoms with van der Waals surface area (Å²) in [4.78, 5) is 32.4. The highest BCUT2D eigenvalue weighted by molar-refractivity contribution is 5.96. The first-order valence-electron chi connectivity index (χ1n) is 5.90. The first kappa shape index (κ1) is 15.6. The van der Waals surface area contributed by atoms with Crippen molar-refractivity contribution in [2.75, 3.05) is 5.32 Å². The maximum atomic E-state index is 11.6. The third-order valence-corrected chi connectivity index (χ3v) is 2.66. The van der Waals surface area contributed by atoms with Crippen LogP contribution in [0, 0.1) is 10.1 Å². The van der Waals surface area contributed by atoms with E-state index in [1.54, 1.807) is 6.92 Å². The largest absolute Gasteiger partial charge is 0.481 e. The van der Waals surface area contributed by atoms with Gasteiger partial charge in [-0.2, -0.15) is 0 Å². The van der Waals surface area contributed by atoms with Crippen LogP contribution in [0.25, 0.3) is 0 Å². The molecule has 1 rings (SSSR count). The number of nitrogens with two attached hydrogens (primary N) is 1. The van der Waals surface area contributed by atoms with Gasteiger partial charge in [-0.25, -0.2) is 0 Å². The van der Waals surface area contributed by atoms with Gasteiger partial charge in [-0.15, -0.1) is 0 Å². The Labute approximate surface area is 114 Å². The molecule has 1 aromatic carbocycles. The normalized spacial score (nSPS) is 11.7. The van der Waals surface area contributed by atoms with Crippen LogP contribution in [0.15, 0.2) is 18.2 Å². The number of nitrogens with one attached hydrogen (secondary N) is 1. The fraction of sp³-hybridized carbons (Fsp3) is 0.333. The monoisotopic (exact) mass is 281 g/mol. The molecule has 1 unspecified atom stereocenters. The second kappa shape index (κ2) is 6.62. The molecule has 4 N–H and O–H groups in total. The van der Waals surface area contributed by atoms with E-state index in [2.05, 4.69) is 5.32 Å². The van der Waals surface area contributed by atoms with Crippen LogP contribution < -0.4 is 11.1 Å². The summed E-state index contributed by atoms with van der Waals surface area (Å²) in [6.07, 6.45) is -0.0238. The Balaban J connectivity index is 2.88. The zero-order chi connectivity index (χ0) is 15.3. The van der Waals surface area contributed by atoms with Crippen molar-refractivity contribution in [3.63, 3.8) is 0 Å². The van der Waals surface area contributed by atoms with Crippen LogP contribution in [-0.2, 0) is 16.0 Å². The number of anilines is 1. The minimum absolute atomic E-state index is 0.0999. The Morgan fingerprint density at radius 2 is 2.15 bits per heavy atom. The number of nitro groups is 1. The summed E-state index contributed by atoms with van der Waals surface area (Å²) in [7, 11) is 0. The summed E-state index contributed by atoms with van der Waals surface area (Å²) < 4.78 is 0. The van der Waals surface area contributed by atoms with E-state index in [9.17, 15) is 19.7 Å². The van der Waals surface area contributed by atoms with Gasteiger partial charge >= 0.3 is 5.97 Å². The van der Waals surface area contributed by atoms with Gasteiger partial charge < -0.3 is 16.2 Å². The molecule has 0 aliphatic carbocycles. The number of benzene rings is 1. The highest BCUT2D eigenvalue weighted by Crippen LogP contribution is 2.23. The van der Waals surface area contributed by atoms with E-state index < -0.39 is 29.3 Å². The second-order valence-corrected chi connectivity index (χ2v) is 4.15. The quantitative estimate of drug-likeness (QED) is 0.523. The molecule has 1 amide bonds. The lowest BCUT2D eigenvalue weighted by Gasteiger charge is -2.10. The molecule has 0 saturated heterocycles. The molecule has 0 fully saturated rings. The highest BCUT2D eigenvalue weighted by Gasteiger charge is 2.19.